The second-order valence-corrected chi connectivity index (χ2v) is 9.86. The standard InChI is InChI=1S/C25H29NOS2/c1-27-20-9-6-17(7-10-20)21-11-12-23-24(25(21)28)22(16-29-23)18-5-8-19-4-2-3-14-26(19)15-13-18/h6-7,9-12,16,18-19,28H,2-5,8,13-15H2,1H3. The van der Waals surface area contributed by atoms with E-state index < -0.39 is 0 Å². The van der Waals surface area contributed by atoms with Crippen LogP contribution in [0.1, 0.15) is 50.0 Å². The number of piperidine rings is 1. The van der Waals surface area contributed by atoms with Crippen molar-refractivity contribution in [2.75, 3.05) is 20.2 Å². The molecule has 5 rings (SSSR count). The highest BCUT2D eigenvalue weighted by Crippen LogP contribution is 2.44. The van der Waals surface area contributed by atoms with E-state index in [9.17, 15) is 0 Å². The van der Waals surface area contributed by atoms with Crippen molar-refractivity contribution in [3.63, 3.8) is 0 Å². The van der Waals surface area contributed by atoms with Crippen molar-refractivity contribution in [1.82, 2.24) is 4.90 Å². The fourth-order valence-electron chi connectivity index (χ4n) is 5.29. The average molecular weight is 424 g/mol. The van der Waals surface area contributed by atoms with Gasteiger partial charge in [0, 0.05) is 21.0 Å². The molecule has 4 heteroatoms. The van der Waals surface area contributed by atoms with E-state index in [1.807, 2.05) is 23.5 Å². The van der Waals surface area contributed by atoms with Gasteiger partial charge in [0.15, 0.2) is 0 Å². The summed E-state index contributed by atoms with van der Waals surface area (Å²) >= 11 is 6.93. The Labute approximate surface area is 183 Å². The number of ether oxygens (including phenoxy) is 1. The average Bonchev–Trinajstić information content (AvgIpc) is 3.08. The summed E-state index contributed by atoms with van der Waals surface area (Å²) in [6, 6.07) is 13.7. The van der Waals surface area contributed by atoms with E-state index in [2.05, 4.69) is 34.5 Å². The Balaban J connectivity index is 1.49. The molecule has 0 aliphatic carbocycles. The van der Waals surface area contributed by atoms with Crippen molar-refractivity contribution < 1.29 is 4.74 Å². The third-order valence-corrected chi connectivity index (χ3v) is 8.37. The lowest BCUT2D eigenvalue weighted by atomic mass is 9.89. The number of thiophene rings is 1. The maximum atomic E-state index is 5.32. The molecule has 2 aliphatic heterocycles. The van der Waals surface area contributed by atoms with E-state index in [0.29, 0.717) is 5.92 Å². The summed E-state index contributed by atoms with van der Waals surface area (Å²) in [5.74, 6) is 1.55. The topological polar surface area (TPSA) is 12.5 Å². The number of rotatable bonds is 3. The molecule has 2 aliphatic rings. The molecule has 0 spiro atoms. The van der Waals surface area contributed by atoms with Gasteiger partial charge in [-0.05, 0) is 91.4 Å². The van der Waals surface area contributed by atoms with E-state index >= 15 is 0 Å². The molecule has 2 aromatic carbocycles. The van der Waals surface area contributed by atoms with E-state index in [0.717, 1.165) is 16.7 Å². The van der Waals surface area contributed by atoms with E-state index in [1.165, 1.54) is 78.4 Å². The zero-order valence-electron chi connectivity index (χ0n) is 17.1. The summed E-state index contributed by atoms with van der Waals surface area (Å²) < 4.78 is 6.69. The van der Waals surface area contributed by atoms with Gasteiger partial charge in [0.1, 0.15) is 5.75 Å². The molecule has 2 fully saturated rings. The van der Waals surface area contributed by atoms with Crippen LogP contribution in [0.5, 0.6) is 5.75 Å². The first-order valence-corrected chi connectivity index (χ1v) is 12.2. The summed E-state index contributed by atoms with van der Waals surface area (Å²) in [7, 11) is 1.71. The molecule has 0 N–H and O–H groups in total. The first kappa shape index (κ1) is 19.5. The van der Waals surface area contributed by atoms with Crippen LogP contribution in [0.25, 0.3) is 21.2 Å². The SMILES string of the molecule is COc1ccc(-c2ccc3scc(C4CCC5CCCCN5CC4)c3c2S)cc1. The van der Waals surface area contributed by atoms with Crippen LogP contribution in [-0.2, 0) is 0 Å². The molecule has 2 unspecified atom stereocenters. The molecule has 0 amide bonds. The number of benzene rings is 2. The number of hydrogen-bond acceptors (Lipinski definition) is 4. The summed E-state index contributed by atoms with van der Waals surface area (Å²) in [6.45, 7) is 2.56. The van der Waals surface area contributed by atoms with Gasteiger partial charge < -0.3 is 9.64 Å². The molecule has 0 saturated carbocycles. The van der Waals surface area contributed by atoms with Crippen LogP contribution in [-0.4, -0.2) is 31.1 Å². The second-order valence-electron chi connectivity index (χ2n) is 8.50. The Hall–Kier alpha value is -1.49. The number of hydrogen-bond donors (Lipinski definition) is 1. The highest BCUT2D eigenvalue weighted by molar-refractivity contribution is 7.80. The van der Waals surface area contributed by atoms with E-state index in [4.69, 9.17) is 17.4 Å². The largest absolute Gasteiger partial charge is 0.497 e. The highest BCUT2D eigenvalue weighted by atomic mass is 32.1. The third kappa shape index (κ3) is 3.71. The number of methoxy groups -OCH3 is 1. The Morgan fingerprint density at radius 1 is 0.966 bits per heavy atom. The summed E-state index contributed by atoms with van der Waals surface area (Å²) in [4.78, 5) is 3.90. The Bertz CT molecular complexity index is 978. The van der Waals surface area contributed by atoms with Gasteiger partial charge in [0.05, 0.1) is 7.11 Å². The minimum absolute atomic E-state index is 0.659. The smallest absolute Gasteiger partial charge is 0.118 e. The summed E-state index contributed by atoms with van der Waals surface area (Å²) in [5.41, 5.74) is 3.95. The van der Waals surface area contributed by atoms with E-state index in [1.54, 1.807) is 7.11 Å². The van der Waals surface area contributed by atoms with Gasteiger partial charge in [-0.1, -0.05) is 24.6 Å². The lowest BCUT2D eigenvalue weighted by molar-refractivity contribution is 0.151. The number of nitrogens with zero attached hydrogens (tertiary/aromatic N) is 1. The van der Waals surface area contributed by atoms with Gasteiger partial charge in [-0.25, -0.2) is 0 Å². The molecule has 0 bridgehead atoms. The highest BCUT2D eigenvalue weighted by Gasteiger charge is 2.29. The predicted octanol–water partition coefficient (Wildman–Crippen LogP) is 6.99. The zero-order chi connectivity index (χ0) is 19.8. The van der Waals surface area contributed by atoms with Gasteiger partial charge in [-0.3, -0.25) is 0 Å². The molecule has 2 saturated heterocycles. The molecular weight excluding hydrogens is 394 g/mol. The van der Waals surface area contributed by atoms with Gasteiger partial charge in [-0.2, -0.15) is 0 Å². The van der Waals surface area contributed by atoms with E-state index in [-0.39, 0.29) is 0 Å². The predicted molar refractivity (Wildman–Crippen MR) is 127 cm³/mol. The molecule has 3 heterocycles. The van der Waals surface area contributed by atoms with Crippen LogP contribution in [0.15, 0.2) is 46.7 Å². The monoisotopic (exact) mass is 423 g/mol. The van der Waals surface area contributed by atoms with Crippen LogP contribution in [0.4, 0.5) is 0 Å². The van der Waals surface area contributed by atoms with Crippen LogP contribution < -0.4 is 4.74 Å². The van der Waals surface area contributed by atoms with Crippen LogP contribution in [0, 0.1) is 0 Å². The molecule has 29 heavy (non-hydrogen) atoms. The normalized spacial score (nSPS) is 23.0. The minimum atomic E-state index is 0.659. The maximum absolute atomic E-state index is 5.32. The van der Waals surface area contributed by atoms with Crippen LogP contribution in [0.2, 0.25) is 0 Å². The van der Waals surface area contributed by atoms with Crippen LogP contribution in [0.3, 0.4) is 0 Å². The molecule has 2 nitrogen and oxygen atoms in total. The van der Waals surface area contributed by atoms with Crippen LogP contribution >= 0.6 is 24.0 Å². The van der Waals surface area contributed by atoms with Crippen molar-refractivity contribution in [2.24, 2.45) is 0 Å². The first-order valence-electron chi connectivity index (χ1n) is 10.9. The Morgan fingerprint density at radius 3 is 2.66 bits per heavy atom. The summed E-state index contributed by atoms with van der Waals surface area (Å²) in [5, 5.41) is 3.80. The number of thiol groups is 1. The van der Waals surface area contributed by atoms with Gasteiger partial charge >= 0.3 is 0 Å². The second kappa shape index (κ2) is 8.33. The maximum Gasteiger partial charge on any atom is 0.118 e. The Kier molecular flexibility index (Phi) is 5.59. The van der Waals surface area contributed by atoms with Gasteiger partial charge in [-0.15, -0.1) is 24.0 Å². The van der Waals surface area contributed by atoms with Crippen molar-refractivity contribution in [3.05, 3.63) is 47.3 Å². The molecular formula is C25H29NOS2. The fourth-order valence-corrected chi connectivity index (χ4v) is 6.87. The molecule has 3 aromatic rings. The van der Waals surface area contributed by atoms with Crippen molar-refractivity contribution in [3.8, 4) is 16.9 Å². The van der Waals surface area contributed by atoms with Crippen molar-refractivity contribution >= 4 is 34.1 Å². The molecule has 2 atom stereocenters. The number of fused-ring (bicyclic) bond motifs is 2. The molecule has 0 radical (unpaired) electrons. The van der Waals surface area contributed by atoms with Crippen molar-refractivity contribution in [2.45, 2.75) is 55.4 Å². The summed E-state index contributed by atoms with van der Waals surface area (Å²) in [6.07, 6.45) is 8.14. The quantitative estimate of drug-likeness (QED) is 0.456. The zero-order valence-corrected chi connectivity index (χ0v) is 18.8. The fraction of sp³-hybridized carbons (Fsp3) is 0.440. The third-order valence-electron chi connectivity index (χ3n) is 6.94. The van der Waals surface area contributed by atoms with Gasteiger partial charge in [0.2, 0.25) is 0 Å². The lowest BCUT2D eigenvalue weighted by Gasteiger charge is -2.33. The molecule has 1 aromatic heterocycles. The van der Waals surface area contributed by atoms with Crippen molar-refractivity contribution in [1.29, 1.82) is 0 Å². The first-order chi connectivity index (χ1) is 14.2. The molecule has 152 valence electrons. The Morgan fingerprint density at radius 2 is 1.83 bits per heavy atom. The minimum Gasteiger partial charge on any atom is -0.497 e. The van der Waals surface area contributed by atoms with Gasteiger partial charge in [0.25, 0.3) is 0 Å². The lowest BCUT2D eigenvalue weighted by Crippen LogP contribution is -2.38.